The molecule has 0 aliphatic heterocycles. The predicted molar refractivity (Wildman–Crippen MR) is 98.5 cm³/mol. The summed E-state index contributed by atoms with van der Waals surface area (Å²) in [7, 11) is -0.855. The third-order valence-corrected chi connectivity index (χ3v) is 5.72. The number of likely N-dealkylation sites (N-methyl/N-ethyl adjacent to an activating group) is 1. The highest BCUT2D eigenvalue weighted by Gasteiger charge is 2.23. The second-order valence-electron chi connectivity index (χ2n) is 6.05. The second kappa shape index (κ2) is 8.33. The third kappa shape index (κ3) is 4.83. The van der Waals surface area contributed by atoms with Crippen molar-refractivity contribution in [2.75, 3.05) is 20.7 Å². The highest BCUT2D eigenvalue weighted by molar-refractivity contribution is 7.89. The Balaban J connectivity index is 2.01. The molecule has 0 aliphatic carbocycles. The summed E-state index contributed by atoms with van der Waals surface area (Å²) >= 11 is 0. The van der Waals surface area contributed by atoms with Gasteiger partial charge in [-0.05, 0) is 38.1 Å². The number of hydrogen-bond donors (Lipinski definition) is 0. The summed E-state index contributed by atoms with van der Waals surface area (Å²) in [6, 6.07) is 12.0. The first-order valence-corrected chi connectivity index (χ1v) is 9.50. The fourth-order valence-electron chi connectivity index (χ4n) is 2.38. The van der Waals surface area contributed by atoms with Gasteiger partial charge in [0.1, 0.15) is 18.9 Å². The number of methoxy groups -OCH3 is 1. The fraction of sp³-hybridized carbons (Fsp3) is 0.316. The summed E-state index contributed by atoms with van der Waals surface area (Å²) in [6.45, 7) is 3.44. The van der Waals surface area contributed by atoms with E-state index in [4.69, 9.17) is 9.47 Å². The lowest BCUT2D eigenvalue weighted by atomic mass is 10.1. The molecule has 0 heterocycles. The molecule has 0 atom stereocenters. The molecule has 2 rings (SSSR count). The predicted octanol–water partition coefficient (Wildman–Crippen LogP) is 2.68. The number of carbonyl (C=O) groups excluding carboxylic acids is 1. The number of sulfonamides is 1. The lowest BCUT2D eigenvalue weighted by Crippen LogP contribution is -2.33. The van der Waals surface area contributed by atoms with Gasteiger partial charge in [-0.15, -0.1) is 0 Å². The zero-order valence-electron chi connectivity index (χ0n) is 15.4. The number of hydrogen-bond acceptors (Lipinski definition) is 5. The molecule has 7 heteroatoms. The number of esters is 1. The van der Waals surface area contributed by atoms with E-state index in [1.54, 1.807) is 18.2 Å². The maximum absolute atomic E-state index is 12.5. The van der Waals surface area contributed by atoms with Crippen LogP contribution in [0.4, 0.5) is 0 Å². The average Bonchev–Trinajstić information content (AvgIpc) is 2.60. The van der Waals surface area contributed by atoms with Crippen molar-refractivity contribution in [2.24, 2.45) is 0 Å². The maximum atomic E-state index is 12.5. The van der Waals surface area contributed by atoms with E-state index in [0.717, 1.165) is 21.0 Å². The van der Waals surface area contributed by atoms with E-state index in [0.29, 0.717) is 5.75 Å². The van der Waals surface area contributed by atoms with Gasteiger partial charge >= 0.3 is 5.97 Å². The van der Waals surface area contributed by atoms with Crippen molar-refractivity contribution in [3.63, 3.8) is 0 Å². The van der Waals surface area contributed by atoms with Gasteiger partial charge in [-0.25, -0.2) is 8.42 Å². The molecule has 0 radical (unpaired) electrons. The monoisotopic (exact) mass is 377 g/mol. The fourth-order valence-corrected chi connectivity index (χ4v) is 3.50. The molecule has 26 heavy (non-hydrogen) atoms. The van der Waals surface area contributed by atoms with Crippen molar-refractivity contribution in [3.05, 3.63) is 59.2 Å². The molecule has 0 fully saturated rings. The Bertz CT molecular complexity index is 875. The topological polar surface area (TPSA) is 72.9 Å². The van der Waals surface area contributed by atoms with Crippen molar-refractivity contribution < 1.29 is 22.7 Å². The van der Waals surface area contributed by atoms with Crippen molar-refractivity contribution in [2.45, 2.75) is 25.3 Å². The van der Waals surface area contributed by atoms with E-state index in [1.807, 2.05) is 26.0 Å². The molecule has 0 amide bonds. The number of nitrogens with zero attached hydrogens (tertiary/aromatic N) is 1. The first-order chi connectivity index (χ1) is 12.2. The number of carbonyl (C=O) groups is 1. The quantitative estimate of drug-likeness (QED) is 0.694. The SMILES string of the molecule is COc1ccc(C)cc1COC(=O)CN(C)S(=O)(=O)c1ccc(C)cc1. The molecular weight excluding hydrogens is 354 g/mol. The summed E-state index contributed by atoms with van der Waals surface area (Å²) in [5, 5.41) is 0. The third-order valence-electron chi connectivity index (χ3n) is 3.91. The van der Waals surface area contributed by atoms with Gasteiger partial charge in [0.2, 0.25) is 10.0 Å². The highest BCUT2D eigenvalue weighted by atomic mass is 32.2. The van der Waals surface area contributed by atoms with E-state index in [2.05, 4.69) is 0 Å². The van der Waals surface area contributed by atoms with Crippen LogP contribution in [0.1, 0.15) is 16.7 Å². The van der Waals surface area contributed by atoms with Gasteiger partial charge in [-0.1, -0.05) is 29.3 Å². The number of rotatable bonds is 7. The van der Waals surface area contributed by atoms with Crippen LogP contribution in [0.25, 0.3) is 0 Å². The number of benzene rings is 2. The lowest BCUT2D eigenvalue weighted by Gasteiger charge is -2.17. The Morgan fingerprint density at radius 2 is 1.65 bits per heavy atom. The molecule has 0 saturated carbocycles. The van der Waals surface area contributed by atoms with Crippen LogP contribution >= 0.6 is 0 Å². The summed E-state index contributed by atoms with van der Waals surface area (Å²) in [5.41, 5.74) is 2.69. The summed E-state index contributed by atoms with van der Waals surface area (Å²) < 4.78 is 36.4. The van der Waals surface area contributed by atoms with Crippen LogP contribution in [0.15, 0.2) is 47.4 Å². The molecule has 6 nitrogen and oxygen atoms in total. The molecule has 2 aromatic rings. The average molecular weight is 377 g/mol. The van der Waals surface area contributed by atoms with Gasteiger partial charge in [-0.2, -0.15) is 4.31 Å². The molecule has 0 spiro atoms. The Morgan fingerprint density at radius 1 is 1.04 bits per heavy atom. The van der Waals surface area contributed by atoms with Crippen LogP contribution in [-0.4, -0.2) is 39.4 Å². The van der Waals surface area contributed by atoms with E-state index in [1.165, 1.54) is 26.3 Å². The van der Waals surface area contributed by atoms with Crippen molar-refractivity contribution in [1.82, 2.24) is 4.31 Å². The second-order valence-corrected chi connectivity index (χ2v) is 8.10. The van der Waals surface area contributed by atoms with Crippen LogP contribution in [-0.2, 0) is 26.2 Å². The van der Waals surface area contributed by atoms with Crippen molar-refractivity contribution in [3.8, 4) is 5.75 Å². The Labute approximate surface area is 154 Å². The standard InChI is InChI=1S/C19H23NO5S/c1-14-5-8-17(9-6-14)26(22,23)20(3)12-19(21)25-13-16-11-15(2)7-10-18(16)24-4/h5-11H,12-13H2,1-4H3. The normalized spacial score (nSPS) is 11.4. The van der Waals surface area contributed by atoms with E-state index < -0.39 is 16.0 Å². The largest absolute Gasteiger partial charge is 0.496 e. The minimum atomic E-state index is -3.75. The zero-order valence-corrected chi connectivity index (χ0v) is 16.2. The van der Waals surface area contributed by atoms with Gasteiger partial charge in [0.25, 0.3) is 0 Å². The molecule has 140 valence electrons. The molecule has 0 N–H and O–H groups in total. The van der Waals surface area contributed by atoms with E-state index in [-0.39, 0.29) is 18.0 Å². The summed E-state index contributed by atoms with van der Waals surface area (Å²) in [4.78, 5) is 12.2. The smallest absolute Gasteiger partial charge is 0.321 e. The van der Waals surface area contributed by atoms with Gasteiger partial charge in [0, 0.05) is 12.6 Å². The van der Waals surface area contributed by atoms with Crippen LogP contribution in [0.5, 0.6) is 5.75 Å². The summed E-state index contributed by atoms with van der Waals surface area (Å²) in [6.07, 6.45) is 0. The van der Waals surface area contributed by atoms with Crippen LogP contribution in [0.3, 0.4) is 0 Å². The Kier molecular flexibility index (Phi) is 6.39. The first-order valence-electron chi connectivity index (χ1n) is 8.06. The minimum Gasteiger partial charge on any atom is -0.496 e. The molecule has 0 aliphatic rings. The molecule has 2 aromatic carbocycles. The highest BCUT2D eigenvalue weighted by Crippen LogP contribution is 2.21. The van der Waals surface area contributed by atoms with Gasteiger partial charge in [-0.3, -0.25) is 4.79 Å². The van der Waals surface area contributed by atoms with Gasteiger partial charge < -0.3 is 9.47 Å². The molecule has 0 saturated heterocycles. The zero-order chi connectivity index (χ0) is 19.3. The number of aryl methyl sites for hydroxylation is 2. The number of ether oxygens (including phenoxy) is 2. The molecular formula is C19H23NO5S. The van der Waals surface area contributed by atoms with E-state index in [9.17, 15) is 13.2 Å². The molecule has 0 unspecified atom stereocenters. The van der Waals surface area contributed by atoms with Gasteiger partial charge in [0.05, 0.1) is 12.0 Å². The van der Waals surface area contributed by atoms with Crippen LogP contribution < -0.4 is 4.74 Å². The van der Waals surface area contributed by atoms with Crippen molar-refractivity contribution in [1.29, 1.82) is 0 Å². The van der Waals surface area contributed by atoms with Gasteiger partial charge in [0.15, 0.2) is 0 Å². The Hall–Kier alpha value is -2.38. The van der Waals surface area contributed by atoms with Crippen LogP contribution in [0, 0.1) is 13.8 Å². The van der Waals surface area contributed by atoms with Crippen molar-refractivity contribution >= 4 is 16.0 Å². The van der Waals surface area contributed by atoms with Crippen LogP contribution in [0.2, 0.25) is 0 Å². The Morgan fingerprint density at radius 3 is 2.27 bits per heavy atom. The lowest BCUT2D eigenvalue weighted by molar-refractivity contribution is -0.144. The molecule has 0 aromatic heterocycles. The maximum Gasteiger partial charge on any atom is 0.321 e. The first kappa shape index (κ1) is 19.9. The minimum absolute atomic E-state index is 0.0160. The summed E-state index contributed by atoms with van der Waals surface area (Å²) in [5.74, 6) is -0.0178. The van der Waals surface area contributed by atoms with E-state index >= 15 is 0 Å². The molecule has 0 bridgehead atoms.